The molecule has 0 unspecified atom stereocenters. The van der Waals surface area contributed by atoms with Crippen LogP contribution in [0.4, 0.5) is 4.79 Å². The number of nitrogens with two attached hydrogens (primary N) is 2. The number of benzene rings is 3. The highest BCUT2D eigenvalue weighted by Gasteiger charge is 2.40. The number of hydrogen-bond acceptors (Lipinski definition) is 12. The van der Waals surface area contributed by atoms with E-state index in [1.807, 2.05) is 6.07 Å². The summed E-state index contributed by atoms with van der Waals surface area (Å²) >= 11 is 0. The summed E-state index contributed by atoms with van der Waals surface area (Å²) in [4.78, 5) is 95.6. The number of nitro groups is 1. The first kappa shape index (κ1) is 45.6. The highest BCUT2D eigenvalue weighted by Crippen LogP contribution is 2.20. The molecule has 1 aliphatic heterocycles. The number of ether oxygens (including phenoxy) is 3. The molecule has 3 aromatic rings. The summed E-state index contributed by atoms with van der Waals surface area (Å²) in [6.45, 7) is -0.436. The van der Waals surface area contributed by atoms with Crippen LogP contribution in [0.5, 0.6) is 0 Å². The Balaban J connectivity index is 1.48. The molecular weight excluding hydrogens is 782 g/mol. The first-order chi connectivity index (χ1) is 28.9. The average Bonchev–Trinajstić information content (AvgIpc) is 3.73. The van der Waals surface area contributed by atoms with Crippen molar-refractivity contribution >= 4 is 41.7 Å². The normalized spacial score (nSPS) is 15.1. The molecule has 0 saturated carbocycles. The lowest BCUT2D eigenvalue weighted by Gasteiger charge is -2.30. The molecule has 5 amide bonds. The van der Waals surface area contributed by atoms with Crippen LogP contribution in [0.2, 0.25) is 0 Å². The van der Waals surface area contributed by atoms with Crippen molar-refractivity contribution in [3.05, 3.63) is 118 Å². The molecule has 20 heteroatoms. The number of hydrazine groups is 1. The van der Waals surface area contributed by atoms with Gasteiger partial charge in [-0.15, -0.1) is 0 Å². The Morgan fingerprint density at radius 1 is 0.783 bits per heavy atom. The molecule has 1 heterocycles. The van der Waals surface area contributed by atoms with Gasteiger partial charge in [0.05, 0.1) is 19.6 Å². The number of hydrogen-bond donors (Lipinski definition) is 6. The van der Waals surface area contributed by atoms with E-state index in [0.29, 0.717) is 17.5 Å². The van der Waals surface area contributed by atoms with Crippen LogP contribution in [0, 0.1) is 10.1 Å². The van der Waals surface area contributed by atoms with Crippen molar-refractivity contribution in [2.75, 3.05) is 19.7 Å². The molecule has 8 N–H and O–H groups in total. The van der Waals surface area contributed by atoms with Gasteiger partial charge in [-0.25, -0.2) is 24.7 Å². The van der Waals surface area contributed by atoms with Crippen molar-refractivity contribution in [2.45, 2.75) is 76.1 Å². The molecule has 1 fully saturated rings. The van der Waals surface area contributed by atoms with Gasteiger partial charge >= 0.3 is 12.1 Å². The second kappa shape index (κ2) is 24.0. The minimum absolute atomic E-state index is 0.00329. The molecule has 0 aliphatic carbocycles. The van der Waals surface area contributed by atoms with Gasteiger partial charge in [-0.3, -0.25) is 19.2 Å². The number of likely N-dealkylation sites (tertiary alicyclic amines) is 1. The lowest BCUT2D eigenvalue weighted by Crippen LogP contribution is -2.59. The molecular formula is C40H49N9O11. The number of nitrogens with one attached hydrogen (secondary N) is 4. The second-order valence-corrected chi connectivity index (χ2v) is 13.6. The zero-order valence-electron chi connectivity index (χ0n) is 32.7. The van der Waals surface area contributed by atoms with Gasteiger partial charge in [0.2, 0.25) is 23.6 Å². The van der Waals surface area contributed by atoms with E-state index in [-0.39, 0.29) is 58.8 Å². The van der Waals surface area contributed by atoms with Crippen LogP contribution in [-0.2, 0) is 58.0 Å². The Kier molecular flexibility index (Phi) is 18.2. The molecule has 0 aromatic heterocycles. The van der Waals surface area contributed by atoms with Gasteiger partial charge in [-0.2, -0.15) is 0 Å². The Hall–Kier alpha value is -7.09. The maximum atomic E-state index is 14.3. The monoisotopic (exact) mass is 831 g/mol. The molecule has 20 nitrogen and oxygen atoms in total. The molecule has 4 rings (SSSR count). The molecule has 1 saturated heterocycles. The van der Waals surface area contributed by atoms with E-state index >= 15 is 0 Å². The van der Waals surface area contributed by atoms with E-state index in [2.05, 4.69) is 20.9 Å². The van der Waals surface area contributed by atoms with E-state index < -0.39 is 77.3 Å². The van der Waals surface area contributed by atoms with Crippen LogP contribution >= 0.6 is 0 Å². The molecule has 0 bridgehead atoms. The van der Waals surface area contributed by atoms with E-state index in [0.717, 1.165) is 5.56 Å². The zero-order chi connectivity index (χ0) is 43.3. The van der Waals surface area contributed by atoms with Crippen molar-refractivity contribution in [2.24, 2.45) is 16.5 Å². The third-order valence-electron chi connectivity index (χ3n) is 9.04. The number of guanidine groups is 1. The predicted octanol–water partition coefficient (Wildman–Crippen LogP) is 0.954. The van der Waals surface area contributed by atoms with Gasteiger partial charge in [-0.05, 0) is 42.4 Å². The summed E-state index contributed by atoms with van der Waals surface area (Å²) in [7, 11) is 0. The van der Waals surface area contributed by atoms with Crippen LogP contribution in [0.3, 0.4) is 0 Å². The number of primary amides is 1. The van der Waals surface area contributed by atoms with Crippen molar-refractivity contribution in [3.63, 3.8) is 0 Å². The van der Waals surface area contributed by atoms with Gasteiger partial charge in [0.1, 0.15) is 37.4 Å². The summed E-state index contributed by atoms with van der Waals surface area (Å²) in [5, 5.41) is 17.4. The van der Waals surface area contributed by atoms with Crippen molar-refractivity contribution in [1.82, 2.24) is 26.3 Å². The summed E-state index contributed by atoms with van der Waals surface area (Å²) in [5.41, 5.74) is 14.8. The summed E-state index contributed by atoms with van der Waals surface area (Å²) in [6.07, 6.45) is -0.871. The maximum Gasteiger partial charge on any atom is 0.408 e. The van der Waals surface area contributed by atoms with Crippen LogP contribution in [0.25, 0.3) is 0 Å². The molecule has 1 aliphatic rings. The molecule has 320 valence electrons. The highest BCUT2D eigenvalue weighted by molar-refractivity contribution is 5.96. The van der Waals surface area contributed by atoms with E-state index in [4.69, 9.17) is 25.7 Å². The number of carbonyl (C=O) groups is 6. The minimum Gasteiger partial charge on any atom is -0.459 e. The smallest absolute Gasteiger partial charge is 0.408 e. The molecule has 0 radical (unpaired) electrons. The molecule has 4 atom stereocenters. The van der Waals surface area contributed by atoms with Crippen LogP contribution in [-0.4, -0.2) is 95.4 Å². The fourth-order valence-electron chi connectivity index (χ4n) is 6.11. The SMILES string of the molecule is NC(=O)C[C@H](NC(=O)OCc1ccccc1)C(=O)N[C@@H](COCc1ccccc1)C(=O)N1CCC[C@@H]1C(=O)N[C@@H](CCCN=C(N)N[N+](=O)[O-])C(=O)OCc1ccccc1. The summed E-state index contributed by atoms with van der Waals surface area (Å²) in [6, 6.07) is 21.4. The fourth-order valence-corrected chi connectivity index (χ4v) is 6.11. The summed E-state index contributed by atoms with van der Waals surface area (Å²) in [5.74, 6) is -4.45. The van der Waals surface area contributed by atoms with Crippen molar-refractivity contribution < 1.29 is 48.0 Å². The first-order valence-electron chi connectivity index (χ1n) is 19.1. The Morgan fingerprint density at radius 3 is 1.95 bits per heavy atom. The number of rotatable bonds is 22. The quantitative estimate of drug-likeness (QED) is 0.0206. The maximum absolute atomic E-state index is 14.3. The van der Waals surface area contributed by atoms with Gasteiger partial charge < -0.3 is 46.5 Å². The van der Waals surface area contributed by atoms with Gasteiger partial charge in [0, 0.05) is 13.1 Å². The van der Waals surface area contributed by atoms with Crippen molar-refractivity contribution in [3.8, 4) is 0 Å². The van der Waals surface area contributed by atoms with E-state index in [1.54, 1.807) is 90.4 Å². The standard InChI is InChI=1S/C40H49N9O11/c41-34(50)22-31(46-40(55)60-25-29-16-8-3-9-17-29)35(51)45-32(26-58-23-27-12-4-1-5-13-27)37(53)48-21-11-19-33(48)36(52)44-30(18-10-20-43-39(42)47-49(56)57)38(54)59-24-28-14-6-2-7-15-28/h1-9,12-17,30-33H,10-11,18-26H2,(H2,41,50)(H,44,52)(H,45,51)(H,46,55)(H3,42,43,47)/t30-,31-,32-,33+/m0/s1. The van der Waals surface area contributed by atoms with E-state index in [1.165, 1.54) is 4.90 Å². The Morgan fingerprint density at radius 2 is 1.37 bits per heavy atom. The predicted molar refractivity (Wildman–Crippen MR) is 214 cm³/mol. The molecule has 3 aromatic carbocycles. The number of esters is 1. The topological polar surface area (TPSA) is 289 Å². The Bertz CT molecular complexity index is 1940. The number of aliphatic imine (C=N–C) groups is 1. The van der Waals surface area contributed by atoms with Gasteiger partial charge in [0.15, 0.2) is 5.03 Å². The summed E-state index contributed by atoms with van der Waals surface area (Å²) < 4.78 is 16.6. The Labute approximate surface area is 345 Å². The van der Waals surface area contributed by atoms with E-state index in [9.17, 15) is 38.9 Å². The zero-order valence-corrected chi connectivity index (χ0v) is 32.7. The molecule has 0 spiro atoms. The van der Waals surface area contributed by atoms with Gasteiger partial charge in [0.25, 0.3) is 5.96 Å². The highest BCUT2D eigenvalue weighted by atomic mass is 16.7. The van der Waals surface area contributed by atoms with Gasteiger partial charge in [-0.1, -0.05) is 96.4 Å². The molecule has 60 heavy (non-hydrogen) atoms. The largest absolute Gasteiger partial charge is 0.459 e. The number of amides is 5. The fraction of sp³-hybridized carbons (Fsp3) is 0.375. The van der Waals surface area contributed by atoms with Crippen LogP contribution in [0.15, 0.2) is 96.0 Å². The third kappa shape index (κ3) is 15.7. The lowest BCUT2D eigenvalue weighted by atomic mass is 10.1. The van der Waals surface area contributed by atoms with Crippen LogP contribution in [0.1, 0.15) is 48.8 Å². The number of nitrogens with zero attached hydrogens (tertiary/aromatic N) is 3. The third-order valence-corrected chi connectivity index (χ3v) is 9.04. The van der Waals surface area contributed by atoms with Crippen LogP contribution < -0.4 is 32.8 Å². The first-order valence-corrected chi connectivity index (χ1v) is 19.1. The van der Waals surface area contributed by atoms with Crippen molar-refractivity contribution in [1.29, 1.82) is 0 Å². The lowest BCUT2D eigenvalue weighted by molar-refractivity contribution is -0.525. The number of carbonyl (C=O) groups excluding carboxylic acids is 6. The second-order valence-electron chi connectivity index (χ2n) is 13.6. The average molecular weight is 832 g/mol. The minimum atomic E-state index is -1.54. The number of alkyl carbamates (subject to hydrolysis) is 1.